The molecule has 0 radical (unpaired) electrons. The number of hydrogen-bond donors (Lipinski definition) is 2. The molecule has 0 fully saturated rings. The van der Waals surface area contributed by atoms with E-state index in [0.717, 1.165) is 0 Å². The van der Waals surface area contributed by atoms with Crippen molar-refractivity contribution >= 4 is 17.6 Å². The number of halogens is 3. The van der Waals surface area contributed by atoms with E-state index in [2.05, 4.69) is 15.3 Å². The number of aromatic hydroxyl groups is 1. The van der Waals surface area contributed by atoms with Gasteiger partial charge in [-0.15, -0.1) is 0 Å². The largest absolute Gasteiger partial charge is 0.506 e. The van der Waals surface area contributed by atoms with Crippen LogP contribution in [0.5, 0.6) is 5.75 Å². The van der Waals surface area contributed by atoms with Gasteiger partial charge in [-0.25, -0.2) is 0 Å². The van der Waals surface area contributed by atoms with Gasteiger partial charge >= 0.3 is 6.18 Å². The number of hydrogen-bond acceptors (Lipinski definition) is 6. The number of rotatable bonds is 8. The van der Waals surface area contributed by atoms with E-state index in [1.54, 1.807) is 6.07 Å². The summed E-state index contributed by atoms with van der Waals surface area (Å²) in [5, 5.41) is 22.4. The molecule has 1 heterocycles. The summed E-state index contributed by atoms with van der Waals surface area (Å²) >= 11 is 1.37. The Hall–Kier alpha value is -2.04. The molecular formula is C12H15F3N4O3S. The first-order valence-electron chi connectivity index (χ1n) is 6.44. The first-order valence-corrected chi connectivity index (χ1v) is 7.60. The van der Waals surface area contributed by atoms with E-state index < -0.39 is 24.2 Å². The Morgan fingerprint density at radius 2 is 2.26 bits per heavy atom. The number of aromatic nitrogens is 1. The number of thioether (sulfide) groups is 1. The fourth-order valence-corrected chi connectivity index (χ4v) is 2.25. The van der Waals surface area contributed by atoms with E-state index in [1.807, 2.05) is 0 Å². The Kier molecular flexibility index (Phi) is 7.59. The molecule has 0 aliphatic carbocycles. The maximum atomic E-state index is 12.1. The summed E-state index contributed by atoms with van der Waals surface area (Å²) in [7, 11) is 0. The SMILES string of the molecule is O=[N+]([O-])CC(=NCC(F)(F)F)NCCSCc1ncccc1O. The zero-order valence-electron chi connectivity index (χ0n) is 11.9. The molecule has 0 aliphatic heterocycles. The van der Waals surface area contributed by atoms with Gasteiger partial charge in [0.25, 0.3) is 6.54 Å². The van der Waals surface area contributed by atoms with Gasteiger partial charge in [0.1, 0.15) is 12.3 Å². The quantitative estimate of drug-likeness (QED) is 0.243. The maximum absolute atomic E-state index is 12.1. The minimum atomic E-state index is -4.51. The molecule has 0 bridgehead atoms. The van der Waals surface area contributed by atoms with Crippen LogP contribution >= 0.6 is 11.8 Å². The molecule has 128 valence electrons. The van der Waals surface area contributed by atoms with Crippen molar-refractivity contribution in [1.82, 2.24) is 10.3 Å². The van der Waals surface area contributed by atoms with Crippen LogP contribution in [0.2, 0.25) is 0 Å². The molecule has 0 amide bonds. The third-order valence-electron chi connectivity index (χ3n) is 2.41. The third kappa shape index (κ3) is 8.86. The average Bonchev–Trinajstić information content (AvgIpc) is 2.44. The van der Waals surface area contributed by atoms with Gasteiger partial charge in [-0.05, 0) is 12.1 Å². The lowest BCUT2D eigenvalue weighted by molar-refractivity contribution is -0.463. The number of alkyl halides is 3. The summed E-state index contributed by atoms with van der Waals surface area (Å²) in [5.41, 5.74) is 0.494. The van der Waals surface area contributed by atoms with Crippen molar-refractivity contribution < 1.29 is 23.2 Å². The Morgan fingerprint density at radius 1 is 1.52 bits per heavy atom. The van der Waals surface area contributed by atoms with E-state index in [0.29, 0.717) is 17.2 Å². The second kappa shape index (κ2) is 9.18. The van der Waals surface area contributed by atoms with Crippen molar-refractivity contribution in [2.75, 3.05) is 25.4 Å². The summed E-state index contributed by atoms with van der Waals surface area (Å²) in [5.74, 6) is 0.625. The number of pyridine rings is 1. The molecule has 1 rings (SSSR count). The molecule has 1 aromatic heterocycles. The topological polar surface area (TPSA) is 101 Å². The lowest BCUT2D eigenvalue weighted by Crippen LogP contribution is -2.33. The van der Waals surface area contributed by atoms with Crippen LogP contribution in [0.15, 0.2) is 23.3 Å². The number of nitrogens with zero attached hydrogens (tertiary/aromatic N) is 3. The number of aliphatic imine (C=N–C) groups is 1. The van der Waals surface area contributed by atoms with E-state index in [-0.39, 0.29) is 18.1 Å². The molecule has 0 unspecified atom stereocenters. The molecule has 1 aromatic rings. The van der Waals surface area contributed by atoms with Crippen molar-refractivity contribution in [3.8, 4) is 5.75 Å². The zero-order valence-corrected chi connectivity index (χ0v) is 12.7. The molecule has 7 nitrogen and oxygen atoms in total. The van der Waals surface area contributed by atoms with Crippen molar-refractivity contribution in [3.05, 3.63) is 34.1 Å². The lowest BCUT2D eigenvalue weighted by atomic mass is 10.3. The summed E-state index contributed by atoms with van der Waals surface area (Å²) < 4.78 is 36.2. The van der Waals surface area contributed by atoms with E-state index in [4.69, 9.17) is 0 Å². The fourth-order valence-electron chi connectivity index (χ4n) is 1.45. The third-order valence-corrected chi connectivity index (χ3v) is 3.38. The molecule has 0 saturated heterocycles. The summed E-state index contributed by atoms with van der Waals surface area (Å²) in [4.78, 5) is 16.8. The first kappa shape index (κ1) is 19.0. The van der Waals surface area contributed by atoms with Crippen molar-refractivity contribution in [2.24, 2.45) is 4.99 Å². The Bertz CT molecular complexity index is 555. The van der Waals surface area contributed by atoms with Crippen molar-refractivity contribution in [3.63, 3.8) is 0 Å². The number of amidine groups is 1. The molecule has 0 atom stereocenters. The normalized spacial score (nSPS) is 12.2. The molecule has 11 heteroatoms. The van der Waals surface area contributed by atoms with Crippen LogP contribution in [0.4, 0.5) is 13.2 Å². The van der Waals surface area contributed by atoms with Gasteiger partial charge in [-0.1, -0.05) is 0 Å². The van der Waals surface area contributed by atoms with Crippen LogP contribution in [0.1, 0.15) is 5.69 Å². The molecule has 23 heavy (non-hydrogen) atoms. The smallest absolute Gasteiger partial charge is 0.408 e. The first-order chi connectivity index (χ1) is 10.8. The fraction of sp³-hybridized carbons (Fsp3) is 0.500. The molecule has 0 aromatic carbocycles. The second-order valence-electron chi connectivity index (χ2n) is 4.32. The molecular weight excluding hydrogens is 337 g/mol. The number of nitro groups is 1. The summed E-state index contributed by atoms with van der Waals surface area (Å²) in [6, 6.07) is 3.09. The highest BCUT2D eigenvalue weighted by Gasteiger charge is 2.27. The van der Waals surface area contributed by atoms with Crippen LogP contribution in [0.25, 0.3) is 0 Å². The van der Waals surface area contributed by atoms with Crippen LogP contribution < -0.4 is 5.32 Å². The molecule has 0 aliphatic rings. The standard InChI is InChI=1S/C12H15F3N4O3S/c13-12(14,15)8-18-11(6-19(21)22)17-4-5-23-7-9-10(20)2-1-3-16-9/h1-3,20H,4-8H2,(H,17,18). The van der Waals surface area contributed by atoms with Gasteiger partial charge in [0, 0.05) is 29.2 Å². The van der Waals surface area contributed by atoms with Gasteiger partial charge in [-0.2, -0.15) is 24.9 Å². The van der Waals surface area contributed by atoms with Gasteiger partial charge in [0.05, 0.1) is 5.69 Å². The Labute approximate surface area is 134 Å². The lowest BCUT2D eigenvalue weighted by Gasteiger charge is -2.08. The maximum Gasteiger partial charge on any atom is 0.408 e. The van der Waals surface area contributed by atoms with Crippen LogP contribution in [0.3, 0.4) is 0 Å². The van der Waals surface area contributed by atoms with Crippen LogP contribution in [0, 0.1) is 10.1 Å². The van der Waals surface area contributed by atoms with E-state index in [9.17, 15) is 28.4 Å². The molecule has 2 N–H and O–H groups in total. The number of nitrogens with one attached hydrogen (secondary N) is 1. The summed E-state index contributed by atoms with van der Waals surface area (Å²) in [6.45, 7) is -2.04. The second-order valence-corrected chi connectivity index (χ2v) is 5.42. The average molecular weight is 352 g/mol. The minimum Gasteiger partial charge on any atom is -0.506 e. The predicted octanol–water partition coefficient (Wildman–Crippen LogP) is 1.85. The highest BCUT2D eigenvalue weighted by atomic mass is 32.2. The monoisotopic (exact) mass is 352 g/mol. The van der Waals surface area contributed by atoms with Crippen molar-refractivity contribution in [1.29, 1.82) is 0 Å². The predicted molar refractivity (Wildman–Crippen MR) is 80.3 cm³/mol. The van der Waals surface area contributed by atoms with Crippen LogP contribution in [-0.4, -0.2) is 52.4 Å². The van der Waals surface area contributed by atoms with Gasteiger partial charge in [-0.3, -0.25) is 20.1 Å². The Morgan fingerprint density at radius 3 is 2.87 bits per heavy atom. The summed E-state index contributed by atoms with van der Waals surface area (Å²) in [6.07, 6.45) is -2.97. The molecule has 0 saturated carbocycles. The highest BCUT2D eigenvalue weighted by Crippen LogP contribution is 2.18. The highest BCUT2D eigenvalue weighted by molar-refractivity contribution is 7.98. The van der Waals surface area contributed by atoms with Gasteiger partial charge < -0.3 is 10.4 Å². The van der Waals surface area contributed by atoms with Gasteiger partial charge in [0.2, 0.25) is 0 Å². The van der Waals surface area contributed by atoms with E-state index in [1.165, 1.54) is 24.0 Å². The van der Waals surface area contributed by atoms with E-state index >= 15 is 0 Å². The minimum absolute atomic E-state index is 0.0636. The van der Waals surface area contributed by atoms with Crippen molar-refractivity contribution in [2.45, 2.75) is 11.9 Å². The molecule has 0 spiro atoms. The Balaban J connectivity index is 2.37. The van der Waals surface area contributed by atoms with Crippen LogP contribution in [-0.2, 0) is 5.75 Å². The zero-order chi connectivity index (χ0) is 17.3. The van der Waals surface area contributed by atoms with Gasteiger partial charge in [0.15, 0.2) is 5.84 Å².